The molecule has 4 heterocycles. The van der Waals surface area contributed by atoms with Crippen molar-refractivity contribution in [3.63, 3.8) is 0 Å². The summed E-state index contributed by atoms with van der Waals surface area (Å²) >= 11 is 0. The molecule has 31 heavy (non-hydrogen) atoms. The Hall–Kier alpha value is -3.19. The van der Waals surface area contributed by atoms with Crippen molar-refractivity contribution in [1.82, 2.24) is 29.4 Å². The van der Waals surface area contributed by atoms with E-state index in [9.17, 15) is 4.39 Å². The molecule has 1 unspecified atom stereocenters. The Bertz CT molecular complexity index is 1250. The molecule has 0 N–H and O–H groups in total. The molecule has 5 rings (SSSR count). The van der Waals surface area contributed by atoms with Crippen molar-refractivity contribution in [1.29, 1.82) is 0 Å². The van der Waals surface area contributed by atoms with Gasteiger partial charge in [0.25, 0.3) is 0 Å². The molecular formula is C24H25FN6. The molecule has 0 radical (unpaired) electrons. The lowest BCUT2D eigenvalue weighted by Gasteiger charge is -2.20. The number of fused-ring (bicyclic) bond motifs is 1. The Balaban J connectivity index is 1.57. The highest BCUT2D eigenvalue weighted by Gasteiger charge is 2.22. The zero-order valence-electron chi connectivity index (χ0n) is 18.0. The van der Waals surface area contributed by atoms with Crippen LogP contribution in [0.25, 0.3) is 22.6 Å². The molecule has 0 amide bonds. The maximum absolute atomic E-state index is 13.9. The van der Waals surface area contributed by atoms with Crippen LogP contribution >= 0.6 is 0 Å². The van der Waals surface area contributed by atoms with Crippen LogP contribution in [0.4, 0.5) is 4.39 Å². The van der Waals surface area contributed by atoms with Crippen LogP contribution in [-0.2, 0) is 6.54 Å². The number of rotatable bonds is 4. The van der Waals surface area contributed by atoms with Crippen LogP contribution in [0.1, 0.15) is 41.5 Å². The van der Waals surface area contributed by atoms with Gasteiger partial charge in [-0.15, -0.1) is 0 Å². The molecule has 0 spiro atoms. The van der Waals surface area contributed by atoms with Crippen LogP contribution in [0.5, 0.6) is 0 Å². The van der Waals surface area contributed by atoms with Gasteiger partial charge in [0.2, 0.25) is 0 Å². The van der Waals surface area contributed by atoms with Crippen molar-refractivity contribution in [2.24, 2.45) is 0 Å². The van der Waals surface area contributed by atoms with Gasteiger partial charge in [-0.1, -0.05) is 24.3 Å². The van der Waals surface area contributed by atoms with E-state index in [0.717, 1.165) is 29.0 Å². The monoisotopic (exact) mass is 416 g/mol. The third-order valence-corrected chi connectivity index (χ3v) is 6.07. The summed E-state index contributed by atoms with van der Waals surface area (Å²) in [5.74, 6) is 0.944. The lowest BCUT2D eigenvalue weighted by atomic mass is 10.0. The molecule has 0 saturated carbocycles. The first-order valence-corrected chi connectivity index (χ1v) is 10.6. The highest BCUT2D eigenvalue weighted by atomic mass is 19.1. The molecule has 1 saturated heterocycles. The van der Waals surface area contributed by atoms with E-state index in [1.165, 1.54) is 30.7 Å². The zero-order valence-corrected chi connectivity index (χ0v) is 18.0. The quantitative estimate of drug-likeness (QED) is 0.492. The number of benzene rings is 1. The molecule has 1 aromatic carbocycles. The second-order valence-corrected chi connectivity index (χ2v) is 8.32. The lowest BCUT2D eigenvalue weighted by Crippen LogP contribution is -2.17. The Labute approximate surface area is 180 Å². The predicted octanol–water partition coefficient (Wildman–Crippen LogP) is 4.46. The number of imidazole rings is 1. The topological polar surface area (TPSA) is 59.7 Å². The third kappa shape index (κ3) is 3.70. The van der Waals surface area contributed by atoms with E-state index in [-0.39, 0.29) is 5.82 Å². The highest BCUT2D eigenvalue weighted by molar-refractivity contribution is 5.79. The van der Waals surface area contributed by atoms with Crippen molar-refractivity contribution in [2.45, 2.75) is 39.3 Å². The average Bonchev–Trinajstić information content (AvgIpc) is 3.33. The van der Waals surface area contributed by atoms with E-state index < -0.39 is 0 Å². The molecule has 1 aliphatic rings. The minimum absolute atomic E-state index is 0.389. The number of nitrogens with zero attached hydrogens (tertiary/aromatic N) is 6. The Kier molecular flexibility index (Phi) is 4.98. The average molecular weight is 417 g/mol. The van der Waals surface area contributed by atoms with Gasteiger partial charge < -0.3 is 4.57 Å². The van der Waals surface area contributed by atoms with E-state index >= 15 is 0 Å². The van der Waals surface area contributed by atoms with Gasteiger partial charge in [-0.25, -0.2) is 19.3 Å². The van der Waals surface area contributed by atoms with E-state index in [2.05, 4.69) is 51.2 Å². The SMILES string of the molecule is Cc1nc(C)c2nc(-c3cncc(F)c3)n(Cc3ccc(C4CCCN4C)cc3)c2n1. The third-order valence-electron chi connectivity index (χ3n) is 6.07. The smallest absolute Gasteiger partial charge is 0.164 e. The van der Waals surface area contributed by atoms with E-state index in [1.54, 1.807) is 6.20 Å². The van der Waals surface area contributed by atoms with Crippen LogP contribution in [0.3, 0.4) is 0 Å². The number of aryl methyl sites for hydroxylation is 2. The van der Waals surface area contributed by atoms with E-state index in [4.69, 9.17) is 4.98 Å². The van der Waals surface area contributed by atoms with E-state index in [0.29, 0.717) is 29.8 Å². The van der Waals surface area contributed by atoms with Gasteiger partial charge in [0.15, 0.2) is 5.65 Å². The lowest BCUT2D eigenvalue weighted by molar-refractivity contribution is 0.317. The minimum atomic E-state index is -0.389. The van der Waals surface area contributed by atoms with Gasteiger partial charge >= 0.3 is 0 Å². The minimum Gasteiger partial charge on any atom is -0.304 e. The summed E-state index contributed by atoms with van der Waals surface area (Å²) in [6.07, 6.45) is 5.28. The van der Waals surface area contributed by atoms with Crippen molar-refractivity contribution in [3.05, 3.63) is 71.2 Å². The predicted molar refractivity (Wildman–Crippen MR) is 118 cm³/mol. The van der Waals surface area contributed by atoms with Crippen LogP contribution in [0, 0.1) is 19.7 Å². The van der Waals surface area contributed by atoms with Crippen molar-refractivity contribution in [2.75, 3.05) is 13.6 Å². The fourth-order valence-corrected chi connectivity index (χ4v) is 4.54. The molecular weight excluding hydrogens is 391 g/mol. The van der Waals surface area contributed by atoms with Gasteiger partial charge in [-0.3, -0.25) is 9.88 Å². The van der Waals surface area contributed by atoms with Crippen LogP contribution in [0.2, 0.25) is 0 Å². The second kappa shape index (κ2) is 7.81. The van der Waals surface area contributed by atoms with Crippen LogP contribution in [0.15, 0.2) is 42.7 Å². The molecule has 1 atom stereocenters. The summed E-state index contributed by atoms with van der Waals surface area (Å²) in [6.45, 7) is 5.53. The fraction of sp³-hybridized carbons (Fsp3) is 0.333. The number of pyridine rings is 1. The molecule has 6 nitrogen and oxygen atoms in total. The maximum Gasteiger partial charge on any atom is 0.164 e. The first-order chi connectivity index (χ1) is 15.0. The first-order valence-electron chi connectivity index (χ1n) is 10.6. The summed E-state index contributed by atoms with van der Waals surface area (Å²) in [5, 5.41) is 0. The van der Waals surface area contributed by atoms with Gasteiger partial charge in [-0.05, 0) is 57.5 Å². The molecule has 0 bridgehead atoms. The number of halogens is 1. The Morgan fingerprint density at radius 3 is 2.58 bits per heavy atom. The molecule has 1 aliphatic heterocycles. The largest absolute Gasteiger partial charge is 0.304 e. The summed E-state index contributed by atoms with van der Waals surface area (Å²) in [4.78, 5) is 20.3. The van der Waals surface area contributed by atoms with E-state index in [1.807, 2.05) is 18.4 Å². The zero-order chi connectivity index (χ0) is 21.5. The second-order valence-electron chi connectivity index (χ2n) is 8.32. The molecule has 4 aromatic rings. The standard InChI is InChI=1S/C24H25FN6/c1-15-22-24(28-16(2)27-15)31(23(29-22)19-11-20(25)13-26-12-19)14-17-6-8-18(9-7-17)21-5-4-10-30(21)3/h6-9,11-13,21H,4-5,10,14H2,1-3H3. The first kappa shape index (κ1) is 19.8. The number of likely N-dealkylation sites (tertiary alicyclic amines) is 1. The van der Waals surface area contributed by atoms with Crippen molar-refractivity contribution >= 4 is 11.2 Å². The van der Waals surface area contributed by atoms with Crippen molar-refractivity contribution < 1.29 is 4.39 Å². The van der Waals surface area contributed by atoms with Gasteiger partial charge in [0.05, 0.1) is 18.4 Å². The number of hydrogen-bond donors (Lipinski definition) is 0. The summed E-state index contributed by atoms with van der Waals surface area (Å²) < 4.78 is 15.9. The molecule has 1 fully saturated rings. The highest BCUT2D eigenvalue weighted by Crippen LogP contribution is 2.31. The van der Waals surface area contributed by atoms with Crippen LogP contribution < -0.4 is 0 Å². The maximum atomic E-state index is 13.9. The summed E-state index contributed by atoms with van der Waals surface area (Å²) in [7, 11) is 2.19. The number of hydrogen-bond acceptors (Lipinski definition) is 5. The summed E-state index contributed by atoms with van der Waals surface area (Å²) in [5.41, 5.74) is 5.41. The van der Waals surface area contributed by atoms with Crippen LogP contribution in [-0.4, -0.2) is 43.0 Å². The normalized spacial score (nSPS) is 17.0. The summed E-state index contributed by atoms with van der Waals surface area (Å²) in [6, 6.07) is 10.7. The Morgan fingerprint density at radius 2 is 1.87 bits per heavy atom. The fourth-order valence-electron chi connectivity index (χ4n) is 4.54. The molecule has 158 valence electrons. The van der Waals surface area contributed by atoms with Gasteiger partial charge in [-0.2, -0.15) is 0 Å². The van der Waals surface area contributed by atoms with Gasteiger partial charge in [0.1, 0.15) is 23.0 Å². The molecule has 3 aromatic heterocycles. The Morgan fingerprint density at radius 1 is 1.06 bits per heavy atom. The van der Waals surface area contributed by atoms with Crippen molar-refractivity contribution in [3.8, 4) is 11.4 Å². The molecule has 0 aliphatic carbocycles. The van der Waals surface area contributed by atoms with Gasteiger partial charge in [0, 0.05) is 17.8 Å². The molecule has 7 heteroatoms. The number of aromatic nitrogens is 5.